The molecule has 3 saturated carbocycles. The first kappa shape index (κ1) is 34.5. The Bertz CT molecular complexity index is 1640. The maximum atomic E-state index is 13.5. The van der Waals surface area contributed by atoms with Crippen molar-refractivity contribution in [1.82, 2.24) is 14.6 Å². The first-order valence-corrected chi connectivity index (χ1v) is 18.0. The zero-order valence-electron chi connectivity index (χ0n) is 27.6. The Kier molecular flexibility index (Phi) is 10.3. The highest BCUT2D eigenvalue weighted by atomic mass is 32.2. The molecule has 3 N–H and O–H groups in total. The van der Waals surface area contributed by atoms with Gasteiger partial charge in [0.05, 0.1) is 41.7 Å². The van der Waals surface area contributed by atoms with Crippen LogP contribution in [0.3, 0.4) is 0 Å². The molecular formula is C34H46N4O8S. The monoisotopic (exact) mass is 670 g/mol. The van der Waals surface area contributed by atoms with Crippen molar-refractivity contribution in [3.8, 4) is 17.4 Å². The van der Waals surface area contributed by atoms with E-state index >= 15 is 0 Å². The number of carbonyl (C=O) groups excluding carboxylic acids is 3. The van der Waals surface area contributed by atoms with Crippen molar-refractivity contribution >= 4 is 38.6 Å². The summed E-state index contributed by atoms with van der Waals surface area (Å²) in [6.07, 6.45) is 8.53. The quantitative estimate of drug-likeness (QED) is 0.200. The van der Waals surface area contributed by atoms with Crippen LogP contribution in [0.25, 0.3) is 10.9 Å². The van der Waals surface area contributed by atoms with Crippen LogP contribution in [0.15, 0.2) is 36.4 Å². The summed E-state index contributed by atoms with van der Waals surface area (Å²) in [6.45, 7) is 4.63. The zero-order chi connectivity index (χ0) is 33.9. The summed E-state index contributed by atoms with van der Waals surface area (Å²) >= 11 is 0. The number of pyridine rings is 1. The van der Waals surface area contributed by atoms with Gasteiger partial charge in [-0.15, -0.1) is 0 Å². The fraction of sp³-hybridized carbons (Fsp3) is 0.588. The Balaban J connectivity index is 1.11. The Labute approximate surface area is 276 Å². The van der Waals surface area contributed by atoms with Crippen LogP contribution in [0, 0.1) is 23.2 Å². The minimum atomic E-state index is -3.55. The van der Waals surface area contributed by atoms with Crippen LogP contribution in [-0.4, -0.2) is 74.7 Å². The second-order valence-corrected chi connectivity index (χ2v) is 15.1. The van der Waals surface area contributed by atoms with Gasteiger partial charge in [-0.1, -0.05) is 19.1 Å². The summed E-state index contributed by atoms with van der Waals surface area (Å²) in [7, 11) is -0.219. The number of nitrogens with zero attached hydrogens (tertiary/aromatic N) is 2. The minimum Gasteiger partial charge on any atom is -0.497 e. The molecule has 1 aromatic heterocycles. The van der Waals surface area contributed by atoms with Gasteiger partial charge in [-0.05, 0) is 76.3 Å². The summed E-state index contributed by atoms with van der Waals surface area (Å²) < 4.78 is 43.9. The lowest BCUT2D eigenvalue weighted by Crippen LogP contribution is -2.39. The lowest BCUT2D eigenvalue weighted by atomic mass is 9.94. The van der Waals surface area contributed by atoms with Crippen molar-refractivity contribution in [3.05, 3.63) is 36.4 Å². The predicted molar refractivity (Wildman–Crippen MR) is 176 cm³/mol. The van der Waals surface area contributed by atoms with Crippen LogP contribution < -0.4 is 24.7 Å². The fourth-order valence-electron chi connectivity index (χ4n) is 6.37. The minimum absolute atomic E-state index is 0.0168. The molecule has 1 aromatic carbocycles. The molecule has 0 aliphatic heterocycles. The molecule has 13 heteroatoms. The molecule has 47 heavy (non-hydrogen) atoms. The highest BCUT2D eigenvalue weighted by Gasteiger charge is 2.56. The van der Waals surface area contributed by atoms with Gasteiger partial charge >= 0.3 is 0 Å². The van der Waals surface area contributed by atoms with Gasteiger partial charge in [0, 0.05) is 31.1 Å². The van der Waals surface area contributed by atoms with Gasteiger partial charge in [-0.3, -0.25) is 19.1 Å². The van der Waals surface area contributed by atoms with Crippen LogP contribution in [0.2, 0.25) is 0 Å². The van der Waals surface area contributed by atoms with Crippen LogP contribution in [0.1, 0.15) is 65.2 Å². The number of primary amides is 1. The normalized spacial score (nSPS) is 25.4. The number of rotatable bonds is 16. The van der Waals surface area contributed by atoms with E-state index in [0.29, 0.717) is 68.2 Å². The van der Waals surface area contributed by atoms with E-state index in [1.54, 1.807) is 38.1 Å². The Morgan fingerprint density at radius 3 is 2.57 bits per heavy atom. The molecule has 5 atom stereocenters. The van der Waals surface area contributed by atoms with E-state index in [4.69, 9.17) is 19.9 Å². The number of methoxy groups -OCH3 is 1. The van der Waals surface area contributed by atoms with E-state index in [9.17, 15) is 22.8 Å². The van der Waals surface area contributed by atoms with Crippen molar-refractivity contribution in [1.29, 1.82) is 0 Å². The number of unbranched alkanes of at least 4 members (excludes halogenated alkanes) is 2. The Morgan fingerprint density at radius 1 is 1.15 bits per heavy atom. The molecule has 0 radical (unpaired) electrons. The van der Waals surface area contributed by atoms with Gasteiger partial charge in [0.25, 0.3) is 0 Å². The number of fused-ring (bicyclic) bond motifs is 1. The second-order valence-electron chi connectivity index (χ2n) is 13.2. The molecule has 1 heterocycles. The molecule has 0 saturated heterocycles. The first-order valence-electron chi connectivity index (χ1n) is 16.4. The van der Waals surface area contributed by atoms with Gasteiger partial charge in [0.1, 0.15) is 17.6 Å². The van der Waals surface area contributed by atoms with E-state index < -0.39 is 50.4 Å². The van der Waals surface area contributed by atoms with Crippen LogP contribution in [0.5, 0.6) is 17.4 Å². The molecule has 5 rings (SSSR count). The number of carbonyl (C=O) groups is 3. The van der Waals surface area contributed by atoms with Crippen LogP contribution >= 0.6 is 0 Å². The van der Waals surface area contributed by atoms with Crippen molar-refractivity contribution in [3.63, 3.8) is 0 Å². The van der Waals surface area contributed by atoms with Crippen molar-refractivity contribution in [2.24, 2.45) is 28.9 Å². The lowest BCUT2D eigenvalue weighted by Gasteiger charge is -2.23. The largest absolute Gasteiger partial charge is 0.497 e. The SMILES string of the molecule is CCOc1cc(O[C@@H]2C[C@@H](C(N)=O)[C@H](C(=O)N(C)CCCC/C=C\[C@@H]3C[C@]3(C)C(=O)NS(=O)(=O)C3CC3)C2)c2ccc(OC)cc2n1. The van der Waals surface area contributed by atoms with E-state index in [2.05, 4.69) is 9.71 Å². The van der Waals surface area contributed by atoms with E-state index in [1.165, 1.54) is 0 Å². The highest BCUT2D eigenvalue weighted by molar-refractivity contribution is 7.90. The third-order valence-corrected chi connectivity index (χ3v) is 11.4. The number of sulfonamides is 1. The molecule has 2 aromatic rings. The first-order chi connectivity index (χ1) is 22.4. The number of amides is 3. The molecule has 256 valence electrons. The van der Waals surface area contributed by atoms with Crippen LogP contribution in [-0.2, 0) is 24.4 Å². The zero-order valence-corrected chi connectivity index (χ0v) is 28.4. The summed E-state index contributed by atoms with van der Waals surface area (Å²) in [5, 5.41) is 0.340. The van der Waals surface area contributed by atoms with Crippen molar-refractivity contribution < 1.29 is 37.0 Å². The molecule has 0 bridgehead atoms. The van der Waals surface area contributed by atoms with Crippen molar-refractivity contribution in [2.75, 3.05) is 27.3 Å². The number of hydrogen-bond acceptors (Lipinski definition) is 9. The Morgan fingerprint density at radius 2 is 1.89 bits per heavy atom. The second kappa shape index (κ2) is 14.1. The predicted octanol–water partition coefficient (Wildman–Crippen LogP) is 3.72. The molecule has 0 unspecified atom stereocenters. The van der Waals surface area contributed by atoms with E-state index in [-0.39, 0.29) is 11.8 Å². The average molecular weight is 671 g/mol. The van der Waals surface area contributed by atoms with Gasteiger partial charge in [-0.2, -0.15) is 0 Å². The molecule has 0 spiro atoms. The number of aromatic nitrogens is 1. The summed E-state index contributed by atoms with van der Waals surface area (Å²) in [6, 6.07) is 7.21. The maximum absolute atomic E-state index is 13.5. The van der Waals surface area contributed by atoms with Crippen LogP contribution in [0.4, 0.5) is 0 Å². The summed E-state index contributed by atoms with van der Waals surface area (Å²) in [4.78, 5) is 44.7. The third kappa shape index (κ3) is 7.99. The molecule has 3 aliphatic rings. The van der Waals surface area contributed by atoms with Gasteiger partial charge in [0.2, 0.25) is 33.6 Å². The third-order valence-electron chi connectivity index (χ3n) is 9.62. The molecule has 12 nitrogen and oxygen atoms in total. The number of benzene rings is 1. The molecule has 3 amide bonds. The highest BCUT2D eigenvalue weighted by Crippen LogP contribution is 2.53. The number of nitrogens with two attached hydrogens (primary N) is 1. The topological polar surface area (TPSA) is 167 Å². The fourth-order valence-corrected chi connectivity index (χ4v) is 7.78. The smallest absolute Gasteiger partial charge is 0.239 e. The number of allylic oxidation sites excluding steroid dienone is 2. The van der Waals surface area contributed by atoms with E-state index in [1.807, 2.05) is 31.2 Å². The number of hydrogen-bond donors (Lipinski definition) is 2. The molecule has 3 aliphatic carbocycles. The van der Waals surface area contributed by atoms with E-state index in [0.717, 1.165) is 24.6 Å². The number of ether oxygens (including phenoxy) is 3. The molecular weight excluding hydrogens is 624 g/mol. The van der Waals surface area contributed by atoms with Gasteiger partial charge < -0.3 is 24.8 Å². The number of nitrogens with one attached hydrogen (secondary N) is 1. The van der Waals surface area contributed by atoms with Gasteiger partial charge in [0.15, 0.2) is 0 Å². The summed E-state index contributed by atoms with van der Waals surface area (Å²) in [5.41, 5.74) is 5.72. The van der Waals surface area contributed by atoms with Crippen molar-refractivity contribution in [2.45, 2.75) is 76.6 Å². The Hall–Kier alpha value is -3.87. The maximum Gasteiger partial charge on any atom is 0.239 e. The average Bonchev–Trinajstić information content (AvgIpc) is 3.95. The molecule has 3 fully saturated rings. The summed E-state index contributed by atoms with van der Waals surface area (Å²) in [5.74, 6) is -0.649. The standard InChI is InChI=1S/C34H46N4O8S/c1-5-45-30-19-29(25-14-11-22(44-4)18-28(25)36-30)46-23-16-26(31(35)39)27(17-23)32(40)38(3)15-9-7-6-8-10-21-20-34(21,2)33(41)37-47(42,43)24-12-13-24/h8,10-11,14,18-19,21,23-24,26-27H,5-7,9,12-13,15-17,20H2,1-4H3,(H2,35,39)(H,37,41)/b10-8-/t21-,23-,26-,27-,34+/m1/s1. The van der Waals surface area contributed by atoms with Gasteiger partial charge in [-0.25, -0.2) is 13.4 Å². The lowest BCUT2D eigenvalue weighted by molar-refractivity contribution is -0.139.